The largest absolute Gasteiger partial charge is 0.467 e. The minimum atomic E-state index is -1.31. The molecule has 1 unspecified atom stereocenters. The lowest BCUT2D eigenvalue weighted by atomic mass is 9.92. The van der Waals surface area contributed by atoms with E-state index < -0.39 is 17.4 Å². The Morgan fingerprint density at radius 3 is 2.50 bits per heavy atom. The fourth-order valence-electron chi connectivity index (χ4n) is 1.73. The highest BCUT2D eigenvalue weighted by Gasteiger charge is 2.43. The van der Waals surface area contributed by atoms with Gasteiger partial charge >= 0.3 is 5.97 Å². The zero-order valence-electron chi connectivity index (χ0n) is 9.90. The average Bonchev–Trinajstić information content (AvgIpc) is 2.67. The van der Waals surface area contributed by atoms with E-state index in [2.05, 4.69) is 4.74 Å². The van der Waals surface area contributed by atoms with Crippen LogP contribution in [0.5, 0.6) is 0 Å². The number of carbonyl (C=O) groups is 2. The Morgan fingerprint density at radius 1 is 1.33 bits per heavy atom. The summed E-state index contributed by atoms with van der Waals surface area (Å²) in [6.45, 7) is 1.52. The van der Waals surface area contributed by atoms with Crippen LogP contribution in [0.15, 0.2) is 36.1 Å². The molecule has 1 heterocycles. The summed E-state index contributed by atoms with van der Waals surface area (Å²) in [7, 11) is 1.20. The van der Waals surface area contributed by atoms with Crippen molar-refractivity contribution in [2.75, 3.05) is 7.11 Å². The van der Waals surface area contributed by atoms with Crippen LogP contribution in [-0.4, -0.2) is 18.9 Å². The Morgan fingerprint density at radius 2 is 1.94 bits per heavy atom. The van der Waals surface area contributed by atoms with Crippen molar-refractivity contribution in [3.63, 3.8) is 0 Å². The normalized spacial score (nSPS) is 22.4. The predicted octanol–water partition coefficient (Wildman–Crippen LogP) is 1.70. The summed E-state index contributed by atoms with van der Waals surface area (Å²) in [6.07, 6.45) is 1.09. The minimum Gasteiger partial charge on any atom is -0.467 e. The van der Waals surface area contributed by atoms with Crippen molar-refractivity contribution in [1.29, 1.82) is 0 Å². The molecule has 0 aliphatic carbocycles. The Hall–Kier alpha value is -2.17. The van der Waals surface area contributed by atoms with Crippen molar-refractivity contribution in [3.05, 3.63) is 47.5 Å². The first kappa shape index (κ1) is 12.3. The monoisotopic (exact) mass is 250 g/mol. The predicted molar refractivity (Wildman–Crippen MR) is 59.9 cm³/mol. The van der Waals surface area contributed by atoms with E-state index >= 15 is 0 Å². The van der Waals surface area contributed by atoms with E-state index in [1.54, 1.807) is 0 Å². The number of rotatable bonds is 2. The van der Waals surface area contributed by atoms with Crippen LogP contribution in [0.2, 0.25) is 0 Å². The zero-order valence-corrected chi connectivity index (χ0v) is 9.90. The fraction of sp³-hybridized carbons (Fsp3) is 0.231. The number of halogens is 1. The molecule has 1 aliphatic heterocycles. The van der Waals surface area contributed by atoms with Gasteiger partial charge < -0.3 is 9.47 Å². The Bertz CT molecular complexity index is 532. The SMILES string of the molecule is COC(=O)C1=CC(=O)C(C)(c2ccc(F)cc2)O1. The van der Waals surface area contributed by atoms with Gasteiger partial charge in [0.1, 0.15) is 5.82 Å². The maximum absolute atomic E-state index is 12.8. The molecule has 0 N–H and O–H groups in total. The van der Waals surface area contributed by atoms with Crippen molar-refractivity contribution in [2.45, 2.75) is 12.5 Å². The lowest BCUT2D eigenvalue weighted by molar-refractivity contribution is -0.144. The Balaban J connectivity index is 2.32. The molecule has 1 atom stereocenters. The van der Waals surface area contributed by atoms with Crippen molar-refractivity contribution in [3.8, 4) is 0 Å². The Labute approximate surface area is 103 Å². The van der Waals surface area contributed by atoms with Crippen molar-refractivity contribution in [1.82, 2.24) is 0 Å². The third kappa shape index (κ3) is 1.88. The Kier molecular flexibility index (Phi) is 2.90. The molecule has 2 rings (SSSR count). The van der Waals surface area contributed by atoms with Crippen LogP contribution in [0, 0.1) is 5.82 Å². The summed E-state index contributed by atoms with van der Waals surface area (Å²) in [5.74, 6) is -1.65. The molecule has 0 amide bonds. The fourth-order valence-corrected chi connectivity index (χ4v) is 1.73. The highest BCUT2D eigenvalue weighted by Crippen LogP contribution is 2.35. The summed E-state index contributed by atoms with van der Waals surface area (Å²) in [5.41, 5.74) is -0.832. The van der Waals surface area contributed by atoms with Gasteiger partial charge in [0.15, 0.2) is 5.60 Å². The van der Waals surface area contributed by atoms with Gasteiger partial charge in [0.25, 0.3) is 0 Å². The summed E-state index contributed by atoms with van der Waals surface area (Å²) in [6, 6.07) is 5.35. The molecule has 0 aromatic heterocycles. The maximum atomic E-state index is 12.8. The van der Waals surface area contributed by atoms with Crippen LogP contribution < -0.4 is 0 Å². The van der Waals surface area contributed by atoms with Crippen molar-refractivity contribution >= 4 is 11.8 Å². The third-order valence-corrected chi connectivity index (χ3v) is 2.83. The van der Waals surface area contributed by atoms with Gasteiger partial charge in [0, 0.05) is 11.6 Å². The molecule has 94 valence electrons. The molecular formula is C13H11FO4. The molecule has 0 saturated heterocycles. The number of ketones is 1. The first-order valence-corrected chi connectivity index (χ1v) is 5.27. The molecule has 0 spiro atoms. The number of hydrogen-bond acceptors (Lipinski definition) is 4. The van der Waals surface area contributed by atoms with Gasteiger partial charge in [-0.1, -0.05) is 12.1 Å². The molecule has 0 bridgehead atoms. The maximum Gasteiger partial charge on any atom is 0.373 e. The lowest BCUT2D eigenvalue weighted by Gasteiger charge is -2.23. The quantitative estimate of drug-likeness (QED) is 0.749. The minimum absolute atomic E-state index is 0.144. The number of benzene rings is 1. The van der Waals surface area contributed by atoms with Gasteiger partial charge in [-0.25, -0.2) is 9.18 Å². The number of esters is 1. The van der Waals surface area contributed by atoms with Crippen LogP contribution in [0.4, 0.5) is 4.39 Å². The first-order valence-electron chi connectivity index (χ1n) is 5.27. The number of ether oxygens (including phenoxy) is 2. The third-order valence-electron chi connectivity index (χ3n) is 2.83. The van der Waals surface area contributed by atoms with Gasteiger partial charge in [-0.2, -0.15) is 0 Å². The molecule has 1 aromatic carbocycles. The average molecular weight is 250 g/mol. The van der Waals surface area contributed by atoms with Crippen LogP contribution >= 0.6 is 0 Å². The van der Waals surface area contributed by atoms with Gasteiger partial charge in [0.2, 0.25) is 11.5 Å². The summed E-state index contributed by atoms with van der Waals surface area (Å²) in [5, 5.41) is 0. The molecule has 1 aromatic rings. The smallest absolute Gasteiger partial charge is 0.373 e. The molecule has 5 heteroatoms. The molecule has 1 aliphatic rings. The van der Waals surface area contributed by atoms with Crippen LogP contribution in [0.1, 0.15) is 12.5 Å². The van der Waals surface area contributed by atoms with E-state index in [4.69, 9.17) is 4.74 Å². The summed E-state index contributed by atoms with van der Waals surface area (Å²) in [4.78, 5) is 23.2. The first-order chi connectivity index (χ1) is 8.47. The molecule has 0 saturated carbocycles. The second-order valence-corrected chi connectivity index (χ2v) is 4.01. The van der Waals surface area contributed by atoms with E-state index in [9.17, 15) is 14.0 Å². The zero-order chi connectivity index (χ0) is 13.3. The van der Waals surface area contributed by atoms with E-state index in [0.29, 0.717) is 5.56 Å². The highest BCUT2D eigenvalue weighted by atomic mass is 19.1. The van der Waals surface area contributed by atoms with E-state index in [1.807, 2.05) is 0 Å². The second-order valence-electron chi connectivity index (χ2n) is 4.01. The molecule has 0 fully saturated rings. The van der Waals surface area contributed by atoms with Crippen LogP contribution in [0.3, 0.4) is 0 Å². The van der Waals surface area contributed by atoms with Crippen LogP contribution in [-0.2, 0) is 24.7 Å². The van der Waals surface area contributed by atoms with Gasteiger partial charge in [-0.15, -0.1) is 0 Å². The number of methoxy groups -OCH3 is 1. The summed E-state index contributed by atoms with van der Waals surface area (Å²) >= 11 is 0. The standard InChI is InChI=1S/C13H11FO4/c1-13(8-3-5-9(14)6-4-8)11(15)7-10(18-13)12(16)17-2/h3-7H,1-2H3. The molecule has 18 heavy (non-hydrogen) atoms. The van der Waals surface area contributed by atoms with Crippen molar-refractivity contribution in [2.24, 2.45) is 0 Å². The van der Waals surface area contributed by atoms with Crippen LogP contribution in [0.25, 0.3) is 0 Å². The lowest BCUT2D eigenvalue weighted by Crippen LogP contribution is -2.30. The number of carbonyl (C=O) groups excluding carboxylic acids is 2. The van der Waals surface area contributed by atoms with E-state index in [-0.39, 0.29) is 11.5 Å². The number of hydrogen-bond donors (Lipinski definition) is 0. The van der Waals surface area contributed by atoms with Gasteiger partial charge in [-0.05, 0) is 19.1 Å². The molecular weight excluding hydrogens is 239 g/mol. The topological polar surface area (TPSA) is 52.6 Å². The van der Waals surface area contributed by atoms with E-state index in [1.165, 1.54) is 38.3 Å². The van der Waals surface area contributed by atoms with Crippen molar-refractivity contribution < 1.29 is 23.5 Å². The highest BCUT2D eigenvalue weighted by molar-refractivity contribution is 6.06. The van der Waals surface area contributed by atoms with Gasteiger partial charge in [-0.3, -0.25) is 4.79 Å². The summed E-state index contributed by atoms with van der Waals surface area (Å²) < 4.78 is 22.7. The van der Waals surface area contributed by atoms with Gasteiger partial charge in [0.05, 0.1) is 7.11 Å². The van der Waals surface area contributed by atoms with E-state index in [0.717, 1.165) is 6.08 Å². The molecule has 0 radical (unpaired) electrons. The molecule has 4 nitrogen and oxygen atoms in total. The second kappa shape index (κ2) is 4.25.